The summed E-state index contributed by atoms with van der Waals surface area (Å²) in [5.74, 6) is -3.92. The Balaban J connectivity index is 2.33. The molecule has 1 unspecified atom stereocenters. The Labute approximate surface area is 118 Å². The van der Waals surface area contributed by atoms with Gasteiger partial charge in [-0.25, -0.2) is 4.79 Å². The molecule has 21 heavy (non-hydrogen) atoms. The highest BCUT2D eigenvalue weighted by molar-refractivity contribution is 6.22. The molecule has 2 N–H and O–H groups in total. The molecule has 0 saturated heterocycles. The monoisotopic (exact) mass is 293 g/mol. The maximum Gasteiger partial charge on any atom is 0.364 e. The van der Waals surface area contributed by atoms with Crippen molar-refractivity contribution in [1.82, 2.24) is 4.90 Å². The number of carbonyl (C=O) groups is 4. The third-order valence-corrected chi connectivity index (χ3v) is 3.13. The number of aliphatic carboxylic acids is 1. The summed E-state index contributed by atoms with van der Waals surface area (Å²) >= 11 is 0. The Morgan fingerprint density at radius 3 is 2.10 bits per heavy atom. The fraction of sp³-hybridized carbons (Fsp3) is 0.231. The first-order chi connectivity index (χ1) is 9.97. The fourth-order valence-corrected chi connectivity index (χ4v) is 2.16. The molecule has 0 aromatic heterocycles. The van der Waals surface area contributed by atoms with Crippen LogP contribution in [0, 0.1) is 0 Å². The number of rotatable bonds is 5. The minimum atomic E-state index is -1.49. The first-order valence-corrected chi connectivity index (χ1v) is 6.01. The summed E-state index contributed by atoms with van der Waals surface area (Å²) in [5, 5.41) is 17.1. The lowest BCUT2D eigenvalue weighted by Gasteiger charge is -2.22. The zero-order valence-corrected chi connectivity index (χ0v) is 10.7. The van der Waals surface area contributed by atoms with Crippen LogP contribution < -0.4 is 0 Å². The second-order valence-corrected chi connectivity index (χ2v) is 4.38. The predicted molar refractivity (Wildman–Crippen MR) is 66.3 cm³/mol. The number of nitrogens with zero attached hydrogens (tertiary/aromatic N) is 1. The molecule has 0 radical (unpaired) electrons. The number of benzene rings is 1. The van der Waals surface area contributed by atoms with Crippen LogP contribution in [-0.2, 0) is 14.5 Å². The van der Waals surface area contributed by atoms with E-state index in [1.165, 1.54) is 12.1 Å². The number of imide groups is 1. The molecule has 1 aromatic carbocycles. The zero-order chi connectivity index (χ0) is 15.6. The smallest absolute Gasteiger partial charge is 0.364 e. The molecule has 0 fully saturated rings. The minimum absolute atomic E-state index is 0.119. The van der Waals surface area contributed by atoms with Gasteiger partial charge in [-0.1, -0.05) is 12.1 Å². The number of carbonyl (C=O) groups excluding carboxylic acids is 3. The van der Waals surface area contributed by atoms with Crippen LogP contribution in [-0.4, -0.2) is 45.1 Å². The van der Waals surface area contributed by atoms with Crippen LogP contribution in [0.5, 0.6) is 0 Å². The van der Waals surface area contributed by atoms with E-state index in [0.717, 1.165) is 0 Å². The molecule has 0 aliphatic carbocycles. The first kappa shape index (κ1) is 14.7. The van der Waals surface area contributed by atoms with Gasteiger partial charge in [-0.15, -0.1) is 0 Å². The van der Waals surface area contributed by atoms with Gasteiger partial charge in [0.2, 0.25) is 0 Å². The Morgan fingerprint density at radius 1 is 1.14 bits per heavy atom. The van der Waals surface area contributed by atoms with Crippen LogP contribution in [0.3, 0.4) is 0 Å². The molecular weight excluding hydrogens is 282 g/mol. The molecule has 1 aromatic rings. The third-order valence-electron chi connectivity index (χ3n) is 3.13. The molecule has 1 atom stereocenters. The van der Waals surface area contributed by atoms with Gasteiger partial charge in [0.15, 0.2) is 0 Å². The molecule has 1 heterocycles. The quantitative estimate of drug-likeness (QED) is 0.461. The van der Waals surface area contributed by atoms with Crippen molar-refractivity contribution in [3.63, 3.8) is 0 Å². The summed E-state index contributed by atoms with van der Waals surface area (Å²) < 4.78 is 0. The molecule has 2 amide bonds. The Morgan fingerprint density at radius 2 is 1.67 bits per heavy atom. The average Bonchev–Trinajstić information content (AvgIpc) is 2.72. The number of hydrogen-bond acceptors (Lipinski definition) is 6. The van der Waals surface area contributed by atoms with Crippen LogP contribution in [0.2, 0.25) is 0 Å². The van der Waals surface area contributed by atoms with Crippen LogP contribution in [0.1, 0.15) is 33.6 Å². The SMILES string of the molecule is O=C(O)CCC(C(=O)OO)N1C(=O)c2ccccc2C1=O. The van der Waals surface area contributed by atoms with Gasteiger partial charge in [0.1, 0.15) is 6.04 Å². The van der Waals surface area contributed by atoms with Crippen molar-refractivity contribution in [2.24, 2.45) is 0 Å². The van der Waals surface area contributed by atoms with Crippen LogP contribution in [0.15, 0.2) is 24.3 Å². The average molecular weight is 293 g/mol. The fourth-order valence-electron chi connectivity index (χ4n) is 2.16. The molecule has 2 rings (SSSR count). The number of carboxylic acids is 1. The standard InChI is InChI=1S/C13H11NO7/c15-10(16)6-5-9(13(19)21-20)14-11(17)7-3-1-2-4-8(7)12(14)18/h1-4,9,20H,5-6H2,(H,15,16). The van der Waals surface area contributed by atoms with E-state index in [9.17, 15) is 19.2 Å². The van der Waals surface area contributed by atoms with Crippen molar-refractivity contribution in [3.8, 4) is 0 Å². The van der Waals surface area contributed by atoms with E-state index >= 15 is 0 Å². The second kappa shape index (κ2) is 5.71. The lowest BCUT2D eigenvalue weighted by molar-refractivity contribution is -0.238. The molecule has 0 spiro atoms. The summed E-state index contributed by atoms with van der Waals surface area (Å²) in [6.07, 6.45) is -0.812. The second-order valence-electron chi connectivity index (χ2n) is 4.38. The largest absolute Gasteiger partial charge is 0.481 e. The van der Waals surface area contributed by atoms with Crippen molar-refractivity contribution in [2.75, 3.05) is 0 Å². The van der Waals surface area contributed by atoms with Gasteiger partial charge in [-0.05, 0) is 18.6 Å². The molecule has 0 saturated carbocycles. The van der Waals surface area contributed by atoms with Gasteiger partial charge >= 0.3 is 11.9 Å². The number of carboxylic acid groups (broad SMARTS) is 1. The molecule has 110 valence electrons. The molecule has 0 bridgehead atoms. The van der Waals surface area contributed by atoms with E-state index in [-0.39, 0.29) is 17.5 Å². The number of amides is 2. The third kappa shape index (κ3) is 2.61. The molecule has 1 aliphatic heterocycles. The highest BCUT2D eigenvalue weighted by atomic mass is 17.1. The minimum Gasteiger partial charge on any atom is -0.481 e. The Bertz CT molecular complexity index is 590. The lowest BCUT2D eigenvalue weighted by Crippen LogP contribution is -2.45. The summed E-state index contributed by atoms with van der Waals surface area (Å²) in [4.78, 5) is 50.7. The number of hydrogen-bond donors (Lipinski definition) is 2. The van der Waals surface area contributed by atoms with Gasteiger partial charge in [0, 0.05) is 6.42 Å². The van der Waals surface area contributed by atoms with E-state index < -0.39 is 36.2 Å². The van der Waals surface area contributed by atoms with Crippen molar-refractivity contribution in [2.45, 2.75) is 18.9 Å². The van der Waals surface area contributed by atoms with E-state index in [2.05, 4.69) is 4.89 Å². The molecular formula is C13H11NO7. The van der Waals surface area contributed by atoms with Crippen LogP contribution in [0.4, 0.5) is 0 Å². The lowest BCUT2D eigenvalue weighted by atomic mass is 10.1. The summed E-state index contributed by atoms with van der Waals surface area (Å²) in [7, 11) is 0. The van der Waals surface area contributed by atoms with Crippen molar-refractivity contribution >= 4 is 23.8 Å². The maximum absolute atomic E-state index is 12.2. The molecule has 8 heteroatoms. The van der Waals surface area contributed by atoms with Crippen molar-refractivity contribution < 1.29 is 34.4 Å². The van der Waals surface area contributed by atoms with Crippen LogP contribution >= 0.6 is 0 Å². The van der Waals surface area contributed by atoms with Gasteiger partial charge in [0.25, 0.3) is 11.8 Å². The molecule has 8 nitrogen and oxygen atoms in total. The van der Waals surface area contributed by atoms with E-state index in [0.29, 0.717) is 4.90 Å². The van der Waals surface area contributed by atoms with Crippen LogP contribution in [0.25, 0.3) is 0 Å². The predicted octanol–water partition coefficient (Wildman–Crippen LogP) is 0.532. The van der Waals surface area contributed by atoms with Crippen molar-refractivity contribution in [3.05, 3.63) is 35.4 Å². The Kier molecular flexibility index (Phi) is 3.99. The van der Waals surface area contributed by atoms with E-state index in [1.54, 1.807) is 12.1 Å². The maximum atomic E-state index is 12.2. The van der Waals surface area contributed by atoms with Gasteiger partial charge in [-0.2, -0.15) is 5.26 Å². The van der Waals surface area contributed by atoms with Gasteiger partial charge in [0.05, 0.1) is 11.1 Å². The van der Waals surface area contributed by atoms with Gasteiger partial charge in [-0.3, -0.25) is 24.2 Å². The zero-order valence-electron chi connectivity index (χ0n) is 10.7. The Hall–Kier alpha value is -2.74. The topological polar surface area (TPSA) is 121 Å². The summed E-state index contributed by atoms with van der Waals surface area (Å²) in [5.41, 5.74) is 0.238. The first-order valence-electron chi connectivity index (χ1n) is 6.01. The summed E-state index contributed by atoms with van der Waals surface area (Å²) in [6, 6.07) is 4.48. The number of fused-ring (bicyclic) bond motifs is 1. The van der Waals surface area contributed by atoms with Crippen molar-refractivity contribution in [1.29, 1.82) is 0 Å². The normalized spacial score (nSPS) is 14.8. The molecule has 1 aliphatic rings. The van der Waals surface area contributed by atoms with E-state index in [4.69, 9.17) is 10.4 Å². The highest BCUT2D eigenvalue weighted by Crippen LogP contribution is 2.26. The van der Waals surface area contributed by atoms with E-state index in [1.807, 2.05) is 0 Å². The highest BCUT2D eigenvalue weighted by Gasteiger charge is 2.43. The van der Waals surface area contributed by atoms with Gasteiger partial charge < -0.3 is 5.11 Å². The summed E-state index contributed by atoms with van der Waals surface area (Å²) in [6.45, 7) is 0.